The van der Waals surface area contributed by atoms with E-state index in [0.717, 1.165) is 19.3 Å². The van der Waals surface area contributed by atoms with Crippen molar-refractivity contribution in [1.29, 1.82) is 0 Å². The monoisotopic (exact) mass is 198 g/mol. The molecule has 0 aliphatic carbocycles. The number of rotatable bonds is 6. The van der Waals surface area contributed by atoms with Crippen LogP contribution in [0.4, 0.5) is 0 Å². The second kappa shape index (κ2) is 9.99. The molecule has 3 heteroatoms. The summed E-state index contributed by atoms with van der Waals surface area (Å²) in [5.41, 5.74) is 0. The Balaban J connectivity index is 0. The van der Waals surface area contributed by atoms with Gasteiger partial charge in [0.2, 0.25) is 0 Å². The number of unbranched alkanes of at least 4 members (excludes halogenated alkanes) is 4. The van der Waals surface area contributed by atoms with Crippen molar-refractivity contribution in [2.24, 2.45) is 0 Å². The SMILES string of the molecule is CCCCCCCC(=O)[O-].[Mn+2]. The van der Waals surface area contributed by atoms with E-state index in [9.17, 15) is 9.90 Å². The molecule has 0 spiro atoms. The van der Waals surface area contributed by atoms with Crippen LogP contribution < -0.4 is 5.11 Å². The second-order valence-corrected chi connectivity index (χ2v) is 2.54. The molecule has 1 radical (unpaired) electrons. The van der Waals surface area contributed by atoms with Crippen LogP contribution in [0.5, 0.6) is 0 Å². The quantitative estimate of drug-likeness (QED) is 0.473. The van der Waals surface area contributed by atoms with Gasteiger partial charge in [-0.25, -0.2) is 0 Å². The number of hydrogen-bond acceptors (Lipinski definition) is 2. The molecule has 2 nitrogen and oxygen atoms in total. The van der Waals surface area contributed by atoms with Crippen molar-refractivity contribution >= 4 is 5.97 Å². The van der Waals surface area contributed by atoms with Crippen LogP contribution in [0.15, 0.2) is 0 Å². The van der Waals surface area contributed by atoms with Gasteiger partial charge in [0.25, 0.3) is 0 Å². The van der Waals surface area contributed by atoms with Crippen LogP contribution in [-0.2, 0) is 21.9 Å². The molecule has 0 aliphatic rings. The third kappa shape index (κ3) is 13.1. The summed E-state index contributed by atoms with van der Waals surface area (Å²) in [6, 6.07) is 0. The van der Waals surface area contributed by atoms with Gasteiger partial charge in [-0.15, -0.1) is 0 Å². The zero-order valence-electron chi connectivity index (χ0n) is 6.94. The first-order valence-corrected chi connectivity index (χ1v) is 3.97. The van der Waals surface area contributed by atoms with Crippen LogP contribution in [0, 0.1) is 0 Å². The molecule has 0 amide bonds. The van der Waals surface area contributed by atoms with Crippen LogP contribution in [0.25, 0.3) is 0 Å². The van der Waals surface area contributed by atoms with Crippen LogP contribution in [0.3, 0.4) is 0 Å². The van der Waals surface area contributed by atoms with Gasteiger partial charge in [0.1, 0.15) is 0 Å². The van der Waals surface area contributed by atoms with E-state index in [4.69, 9.17) is 0 Å². The minimum absolute atomic E-state index is 0. The number of carboxylic acid groups (broad SMARTS) is 1. The maximum atomic E-state index is 9.92. The van der Waals surface area contributed by atoms with Crippen molar-refractivity contribution in [2.75, 3.05) is 0 Å². The summed E-state index contributed by atoms with van der Waals surface area (Å²) in [5, 5.41) is 9.92. The van der Waals surface area contributed by atoms with Gasteiger partial charge in [-0.1, -0.05) is 32.6 Å². The zero-order valence-corrected chi connectivity index (χ0v) is 8.12. The first-order chi connectivity index (χ1) is 4.77. The van der Waals surface area contributed by atoms with Crippen LogP contribution >= 0.6 is 0 Å². The van der Waals surface area contributed by atoms with Crippen molar-refractivity contribution in [3.63, 3.8) is 0 Å². The van der Waals surface area contributed by atoms with E-state index in [1.807, 2.05) is 0 Å². The Kier molecular flexibility index (Phi) is 12.3. The summed E-state index contributed by atoms with van der Waals surface area (Å²) < 4.78 is 0. The summed E-state index contributed by atoms with van der Waals surface area (Å²) >= 11 is 0. The molecule has 0 rings (SSSR count). The van der Waals surface area contributed by atoms with Crippen molar-refractivity contribution in [2.45, 2.75) is 45.4 Å². The second-order valence-electron chi connectivity index (χ2n) is 2.54. The Morgan fingerprint density at radius 2 is 1.73 bits per heavy atom. The molecule has 0 aromatic carbocycles. The molecule has 0 aromatic heterocycles. The van der Waals surface area contributed by atoms with Gasteiger partial charge in [-0.3, -0.25) is 0 Å². The Morgan fingerprint density at radius 1 is 1.18 bits per heavy atom. The van der Waals surface area contributed by atoms with Gasteiger partial charge >= 0.3 is 17.1 Å². The first kappa shape index (κ1) is 13.6. The van der Waals surface area contributed by atoms with Gasteiger partial charge < -0.3 is 9.90 Å². The topological polar surface area (TPSA) is 40.1 Å². The summed E-state index contributed by atoms with van der Waals surface area (Å²) in [4.78, 5) is 9.92. The molecule has 0 bridgehead atoms. The Hall–Kier alpha value is -0.0105. The van der Waals surface area contributed by atoms with Gasteiger partial charge in [-0.2, -0.15) is 0 Å². The van der Waals surface area contributed by atoms with E-state index < -0.39 is 5.97 Å². The molecular weight excluding hydrogens is 183 g/mol. The number of carboxylic acids is 1. The molecule has 0 aliphatic heterocycles. The van der Waals surface area contributed by atoms with Crippen LogP contribution in [-0.4, -0.2) is 5.97 Å². The maximum Gasteiger partial charge on any atom is 2.00 e. The molecular formula is C8H15MnO2+. The predicted octanol–water partition coefficient (Wildman–Crippen LogP) is 1.09. The van der Waals surface area contributed by atoms with Crippen molar-refractivity contribution in [3.05, 3.63) is 0 Å². The summed E-state index contributed by atoms with van der Waals surface area (Å²) in [5.74, 6) is -0.920. The Bertz CT molecular complexity index is 94.1. The fraction of sp³-hybridized carbons (Fsp3) is 0.875. The molecule has 0 atom stereocenters. The molecule has 0 unspecified atom stereocenters. The minimum atomic E-state index is -0.920. The summed E-state index contributed by atoms with van der Waals surface area (Å²) in [6.45, 7) is 2.14. The van der Waals surface area contributed by atoms with Crippen LogP contribution in [0.1, 0.15) is 45.4 Å². The number of hydrogen-bond donors (Lipinski definition) is 0. The smallest absolute Gasteiger partial charge is 0.550 e. The average molecular weight is 198 g/mol. The first-order valence-electron chi connectivity index (χ1n) is 3.97. The van der Waals surface area contributed by atoms with Crippen LogP contribution in [0.2, 0.25) is 0 Å². The largest absolute Gasteiger partial charge is 2.00 e. The minimum Gasteiger partial charge on any atom is -0.550 e. The Labute approximate surface area is 78.8 Å². The number of aliphatic carboxylic acids is 1. The maximum absolute atomic E-state index is 9.92. The van der Waals surface area contributed by atoms with Gasteiger partial charge in [-0.05, 0) is 12.8 Å². The molecule has 0 N–H and O–H groups in total. The van der Waals surface area contributed by atoms with E-state index >= 15 is 0 Å². The molecule has 0 heterocycles. The van der Waals surface area contributed by atoms with E-state index in [0.29, 0.717) is 0 Å². The molecule has 65 valence electrons. The van der Waals surface area contributed by atoms with Crippen molar-refractivity contribution in [1.82, 2.24) is 0 Å². The molecule has 0 saturated carbocycles. The van der Waals surface area contributed by atoms with Gasteiger partial charge in [0, 0.05) is 5.97 Å². The third-order valence-corrected chi connectivity index (χ3v) is 1.48. The number of carbonyl (C=O) groups is 1. The fourth-order valence-corrected chi connectivity index (χ4v) is 0.873. The summed E-state index contributed by atoms with van der Waals surface area (Å²) in [7, 11) is 0. The zero-order chi connectivity index (χ0) is 7.82. The normalized spacial score (nSPS) is 8.82. The molecule has 0 fully saturated rings. The van der Waals surface area contributed by atoms with E-state index in [1.165, 1.54) is 12.8 Å². The van der Waals surface area contributed by atoms with Gasteiger partial charge in [0.05, 0.1) is 0 Å². The van der Waals surface area contributed by atoms with Crippen molar-refractivity contribution < 1.29 is 27.0 Å². The predicted molar refractivity (Wildman–Crippen MR) is 38.4 cm³/mol. The summed E-state index contributed by atoms with van der Waals surface area (Å²) in [6.07, 6.45) is 5.61. The Morgan fingerprint density at radius 3 is 2.18 bits per heavy atom. The van der Waals surface area contributed by atoms with Crippen molar-refractivity contribution in [3.8, 4) is 0 Å². The number of carbonyl (C=O) groups excluding carboxylic acids is 1. The molecule has 0 aromatic rings. The van der Waals surface area contributed by atoms with E-state index in [2.05, 4.69) is 6.92 Å². The third-order valence-electron chi connectivity index (χ3n) is 1.48. The average Bonchev–Trinajstić information content (AvgIpc) is 1.87. The van der Waals surface area contributed by atoms with Gasteiger partial charge in [0.15, 0.2) is 0 Å². The standard InChI is InChI=1S/C8H16O2.Mn/c1-2-3-4-5-6-7-8(9)10;/h2-7H2,1H3,(H,9,10);/q;+2/p-1. The van der Waals surface area contributed by atoms with E-state index in [1.54, 1.807) is 0 Å². The molecule has 0 saturated heterocycles. The fourth-order valence-electron chi connectivity index (χ4n) is 0.873. The van der Waals surface area contributed by atoms with E-state index in [-0.39, 0.29) is 23.5 Å². The molecule has 11 heavy (non-hydrogen) atoms.